The molecule has 6 rings (SSSR count). The van der Waals surface area contributed by atoms with E-state index in [1.807, 2.05) is 60.4 Å². The largest absolute Gasteiger partial charge is 0.493 e. The number of aromatic nitrogens is 1. The maximum Gasteiger partial charge on any atom is 0.324 e. The molecule has 234 valence electrons. The minimum atomic E-state index is -0.188. The van der Waals surface area contributed by atoms with Crippen LogP contribution < -0.4 is 19.9 Å². The summed E-state index contributed by atoms with van der Waals surface area (Å²) >= 11 is 0. The number of rotatable bonds is 7. The standard InChI is InChI=1S/C35H41N7O3/c1-4-27-23-40(35(44)42-18-15-24-9-8-10-25(21-36)33(24)42)19-20-41(27)30-14-13-29(28-11-6-7-12-31(28)45-5-2)38-32(30)34(43)37-26-16-17-39(3)22-26/h6-14,26-27H,4-5,15-20,22-23H2,1-3H3,(H,37,43)/t26-,27-/m1/s1. The zero-order chi connectivity index (χ0) is 31.5. The Morgan fingerprint density at radius 2 is 1.87 bits per heavy atom. The molecule has 0 saturated carbocycles. The van der Waals surface area contributed by atoms with Crippen molar-refractivity contribution in [2.45, 2.75) is 45.2 Å². The van der Waals surface area contributed by atoms with Crippen LogP contribution in [-0.4, -0.2) is 91.7 Å². The molecule has 3 aliphatic rings. The van der Waals surface area contributed by atoms with Gasteiger partial charge in [0.05, 0.1) is 29.2 Å². The molecule has 10 nitrogen and oxygen atoms in total. The molecule has 3 aliphatic heterocycles. The highest BCUT2D eigenvalue weighted by Gasteiger charge is 2.36. The third-order valence-corrected chi connectivity index (χ3v) is 9.16. The number of nitrogens with zero attached hydrogens (tertiary/aromatic N) is 6. The van der Waals surface area contributed by atoms with Gasteiger partial charge in [0.25, 0.3) is 5.91 Å². The van der Waals surface area contributed by atoms with E-state index in [2.05, 4.69) is 35.2 Å². The zero-order valence-electron chi connectivity index (χ0n) is 26.3. The van der Waals surface area contributed by atoms with Crippen LogP contribution in [0.5, 0.6) is 5.75 Å². The van der Waals surface area contributed by atoms with E-state index in [0.29, 0.717) is 49.7 Å². The van der Waals surface area contributed by atoms with Crippen LogP contribution in [0.2, 0.25) is 0 Å². The Morgan fingerprint density at radius 3 is 2.62 bits per heavy atom. The van der Waals surface area contributed by atoms with Crippen molar-refractivity contribution in [3.63, 3.8) is 0 Å². The Morgan fingerprint density at radius 1 is 1.02 bits per heavy atom. The number of amides is 3. The number of carbonyl (C=O) groups excluding carboxylic acids is 2. The second kappa shape index (κ2) is 13.2. The highest BCUT2D eigenvalue weighted by Crippen LogP contribution is 2.35. The van der Waals surface area contributed by atoms with Crippen LogP contribution in [0.1, 0.15) is 48.3 Å². The average molecular weight is 608 g/mol. The molecule has 0 unspecified atom stereocenters. The Balaban J connectivity index is 1.29. The number of nitrogens with one attached hydrogen (secondary N) is 1. The van der Waals surface area contributed by atoms with Crippen molar-refractivity contribution in [3.8, 4) is 23.1 Å². The molecule has 3 amide bonds. The highest BCUT2D eigenvalue weighted by molar-refractivity contribution is 5.99. The number of pyridine rings is 1. The summed E-state index contributed by atoms with van der Waals surface area (Å²) in [6.45, 7) is 8.48. The number of likely N-dealkylation sites (N-methyl/N-ethyl adjacent to an activating group) is 1. The molecule has 3 aromatic rings. The second-order valence-electron chi connectivity index (χ2n) is 12.0. The fourth-order valence-corrected chi connectivity index (χ4v) is 6.87. The molecule has 2 aromatic carbocycles. The maximum absolute atomic E-state index is 13.9. The topological polar surface area (TPSA) is 105 Å². The zero-order valence-corrected chi connectivity index (χ0v) is 26.3. The van der Waals surface area contributed by atoms with E-state index < -0.39 is 0 Å². The van der Waals surface area contributed by atoms with Crippen molar-refractivity contribution < 1.29 is 14.3 Å². The van der Waals surface area contributed by atoms with Gasteiger partial charge in [0, 0.05) is 50.4 Å². The lowest BCUT2D eigenvalue weighted by atomic mass is 10.0. The number of ether oxygens (including phenoxy) is 1. The lowest BCUT2D eigenvalue weighted by molar-refractivity contribution is 0.0933. The average Bonchev–Trinajstić information content (AvgIpc) is 3.70. The van der Waals surface area contributed by atoms with Crippen LogP contribution in [0.25, 0.3) is 11.3 Å². The first-order valence-electron chi connectivity index (χ1n) is 16.0. The van der Waals surface area contributed by atoms with Crippen LogP contribution in [0.4, 0.5) is 16.2 Å². The van der Waals surface area contributed by atoms with E-state index in [4.69, 9.17) is 9.72 Å². The van der Waals surface area contributed by atoms with Gasteiger partial charge in [-0.3, -0.25) is 9.69 Å². The Kier molecular flexibility index (Phi) is 8.90. The lowest BCUT2D eigenvalue weighted by Gasteiger charge is -2.44. The molecule has 2 saturated heterocycles. The van der Waals surface area contributed by atoms with E-state index >= 15 is 0 Å². The molecule has 2 fully saturated rings. The summed E-state index contributed by atoms with van der Waals surface area (Å²) in [6, 6.07) is 19.6. The van der Waals surface area contributed by atoms with E-state index in [-0.39, 0.29) is 24.0 Å². The number of nitriles is 1. The Hall–Kier alpha value is -4.62. The monoisotopic (exact) mass is 607 g/mol. The molecule has 45 heavy (non-hydrogen) atoms. The number of hydrogen-bond donors (Lipinski definition) is 1. The summed E-state index contributed by atoms with van der Waals surface area (Å²) in [5.41, 5.74) is 4.99. The van der Waals surface area contributed by atoms with Gasteiger partial charge in [0.15, 0.2) is 5.69 Å². The van der Waals surface area contributed by atoms with Gasteiger partial charge in [-0.25, -0.2) is 9.78 Å². The van der Waals surface area contributed by atoms with Gasteiger partial charge in [-0.05, 0) is 75.7 Å². The van der Waals surface area contributed by atoms with Gasteiger partial charge in [-0.2, -0.15) is 5.26 Å². The Bertz CT molecular complexity index is 1620. The van der Waals surface area contributed by atoms with E-state index in [0.717, 1.165) is 60.6 Å². The number of piperazine rings is 1. The highest BCUT2D eigenvalue weighted by atomic mass is 16.5. The number of hydrogen-bond acceptors (Lipinski definition) is 7. The van der Waals surface area contributed by atoms with Crippen molar-refractivity contribution in [1.82, 2.24) is 20.1 Å². The van der Waals surface area contributed by atoms with Crippen LogP contribution >= 0.6 is 0 Å². The number of benzene rings is 2. The molecule has 1 N–H and O–H groups in total. The van der Waals surface area contributed by atoms with E-state index in [1.54, 1.807) is 11.0 Å². The minimum absolute atomic E-state index is 0.0106. The van der Waals surface area contributed by atoms with Crippen LogP contribution in [0, 0.1) is 11.3 Å². The van der Waals surface area contributed by atoms with Crippen molar-refractivity contribution in [1.29, 1.82) is 5.26 Å². The van der Waals surface area contributed by atoms with Gasteiger partial charge in [0.1, 0.15) is 11.8 Å². The summed E-state index contributed by atoms with van der Waals surface area (Å²) in [6.07, 6.45) is 2.43. The van der Waals surface area contributed by atoms with Crippen molar-refractivity contribution in [2.24, 2.45) is 0 Å². The first-order chi connectivity index (χ1) is 21.9. The number of fused-ring (bicyclic) bond motifs is 1. The first-order valence-corrected chi connectivity index (χ1v) is 16.0. The minimum Gasteiger partial charge on any atom is -0.493 e. The summed E-state index contributed by atoms with van der Waals surface area (Å²) in [5.74, 6) is 0.540. The molecule has 0 aliphatic carbocycles. The summed E-state index contributed by atoms with van der Waals surface area (Å²) < 4.78 is 5.89. The fraction of sp³-hybridized carbons (Fsp3) is 0.429. The third kappa shape index (κ3) is 6.05. The van der Waals surface area contributed by atoms with Crippen LogP contribution in [0.15, 0.2) is 54.6 Å². The number of anilines is 2. The molecule has 0 spiro atoms. The number of para-hydroxylation sites is 2. The second-order valence-corrected chi connectivity index (χ2v) is 12.0. The predicted octanol–water partition coefficient (Wildman–Crippen LogP) is 4.54. The maximum atomic E-state index is 13.9. The van der Waals surface area contributed by atoms with Crippen molar-refractivity contribution in [3.05, 3.63) is 71.4 Å². The molecule has 1 aromatic heterocycles. The smallest absolute Gasteiger partial charge is 0.324 e. The van der Waals surface area contributed by atoms with Crippen LogP contribution in [-0.2, 0) is 6.42 Å². The SMILES string of the molecule is CCOc1ccccc1-c1ccc(N2CCN(C(=O)N3CCc4cccc(C#N)c43)C[C@H]2CC)c(C(=O)N[C@@H]2CCN(C)C2)n1. The normalized spacial score (nSPS) is 19.7. The van der Waals surface area contributed by atoms with Gasteiger partial charge in [-0.15, -0.1) is 0 Å². The molecule has 2 atom stereocenters. The summed E-state index contributed by atoms with van der Waals surface area (Å²) in [5, 5.41) is 12.9. The lowest BCUT2D eigenvalue weighted by Crippen LogP contribution is -2.57. The van der Waals surface area contributed by atoms with E-state index in [1.165, 1.54) is 0 Å². The van der Waals surface area contributed by atoms with Crippen LogP contribution in [0.3, 0.4) is 0 Å². The number of urea groups is 1. The number of carbonyl (C=O) groups is 2. The quantitative estimate of drug-likeness (QED) is 0.421. The van der Waals surface area contributed by atoms with E-state index in [9.17, 15) is 14.9 Å². The molecule has 0 radical (unpaired) electrons. The molecular weight excluding hydrogens is 566 g/mol. The molecule has 4 heterocycles. The molecule has 0 bridgehead atoms. The van der Waals surface area contributed by atoms with Gasteiger partial charge in [-0.1, -0.05) is 31.2 Å². The molecule has 10 heteroatoms. The van der Waals surface area contributed by atoms with Gasteiger partial charge in [0.2, 0.25) is 0 Å². The number of likely N-dealkylation sites (tertiary alicyclic amines) is 1. The Labute approximate surface area is 265 Å². The van der Waals surface area contributed by atoms with Crippen molar-refractivity contribution >= 4 is 23.3 Å². The third-order valence-electron chi connectivity index (χ3n) is 9.16. The summed E-state index contributed by atoms with van der Waals surface area (Å²) in [7, 11) is 2.07. The fourth-order valence-electron chi connectivity index (χ4n) is 6.87. The van der Waals surface area contributed by atoms with Gasteiger partial charge < -0.3 is 24.8 Å². The molecular formula is C35H41N7O3. The van der Waals surface area contributed by atoms with Gasteiger partial charge >= 0.3 is 6.03 Å². The first kappa shape index (κ1) is 30.4. The summed E-state index contributed by atoms with van der Waals surface area (Å²) in [4.78, 5) is 40.9. The predicted molar refractivity (Wildman–Crippen MR) is 175 cm³/mol. The van der Waals surface area contributed by atoms with Crippen molar-refractivity contribution in [2.75, 3.05) is 62.7 Å².